The molecule has 2 aliphatic rings. The number of carbonyl (C=O) groups is 3. The van der Waals surface area contributed by atoms with E-state index in [1.807, 2.05) is 4.90 Å². The van der Waals surface area contributed by atoms with Crippen molar-refractivity contribution in [2.24, 2.45) is 5.92 Å². The quantitative estimate of drug-likeness (QED) is 0.235. The van der Waals surface area contributed by atoms with Gasteiger partial charge in [-0.15, -0.1) is 0 Å². The Bertz CT molecular complexity index is 820. The lowest BCUT2D eigenvalue weighted by Crippen LogP contribution is -2.55. The minimum absolute atomic E-state index is 0.0405. The molecule has 0 spiro atoms. The summed E-state index contributed by atoms with van der Waals surface area (Å²) in [5, 5.41) is 10.5. The van der Waals surface area contributed by atoms with Gasteiger partial charge in [0, 0.05) is 32.7 Å². The smallest absolute Gasteiger partial charge is 0.245 e. The zero-order valence-electron chi connectivity index (χ0n) is 19.1. The van der Waals surface area contributed by atoms with Crippen LogP contribution < -0.4 is 4.90 Å². The van der Waals surface area contributed by atoms with Gasteiger partial charge in [0.15, 0.2) is 0 Å². The topological polar surface area (TPSA) is 110 Å². The Morgan fingerprint density at radius 1 is 1.24 bits per heavy atom. The molecule has 182 valence electrons. The monoisotopic (exact) mass is 480 g/mol. The van der Waals surface area contributed by atoms with E-state index in [0.717, 1.165) is 25.7 Å². The largest absolute Gasteiger partial charge is 0.352 e. The summed E-state index contributed by atoms with van der Waals surface area (Å²) < 4.78 is 0. The number of piperazine rings is 1. The number of hydrogen-bond acceptors (Lipinski definition) is 7. The van der Waals surface area contributed by atoms with Gasteiger partial charge in [-0.1, -0.05) is 37.8 Å². The summed E-state index contributed by atoms with van der Waals surface area (Å²) in [5.74, 6) is -0.0266. The zero-order valence-corrected chi connectivity index (χ0v) is 19.9. The predicted octanol–water partition coefficient (Wildman–Crippen LogP) is 1.81. The molecule has 3 heterocycles. The van der Waals surface area contributed by atoms with Crippen LogP contribution in [-0.2, 0) is 14.4 Å². The number of rotatable bonds is 10. The van der Waals surface area contributed by atoms with Crippen LogP contribution in [0.15, 0.2) is 12.4 Å². The van der Waals surface area contributed by atoms with Gasteiger partial charge in [-0.3, -0.25) is 24.6 Å². The first-order valence-electron chi connectivity index (χ1n) is 11.7. The summed E-state index contributed by atoms with van der Waals surface area (Å²) in [4.78, 5) is 51.4. The second-order valence-corrected chi connectivity index (χ2v) is 9.01. The molecule has 0 radical (unpaired) electrons. The fourth-order valence-electron chi connectivity index (χ4n) is 4.58. The molecule has 2 fully saturated rings. The molecule has 1 N–H and O–H groups in total. The number of halogens is 1. The Hall–Kier alpha value is -2.46. The number of hydroxylamine groups is 2. The van der Waals surface area contributed by atoms with E-state index in [4.69, 9.17) is 11.6 Å². The van der Waals surface area contributed by atoms with Gasteiger partial charge in [0.25, 0.3) is 0 Å². The van der Waals surface area contributed by atoms with E-state index in [1.54, 1.807) is 16.0 Å². The van der Waals surface area contributed by atoms with Gasteiger partial charge < -0.3 is 14.7 Å². The molecule has 0 bridgehead atoms. The molecule has 0 aromatic carbocycles. The molecule has 0 saturated carbocycles. The third-order valence-corrected chi connectivity index (χ3v) is 6.55. The first-order chi connectivity index (χ1) is 15.9. The van der Waals surface area contributed by atoms with Crippen molar-refractivity contribution in [1.29, 1.82) is 0 Å². The van der Waals surface area contributed by atoms with Crippen LogP contribution in [-0.4, -0.2) is 93.6 Å². The predicted molar refractivity (Wildman–Crippen MR) is 123 cm³/mol. The SMILES string of the molecule is CCCCC[C@H](CN(O)C=O)C(=O)N1CCC[C@H]1C(=O)N1CCN(c2cncc(Cl)n2)CC1. The number of amides is 3. The summed E-state index contributed by atoms with van der Waals surface area (Å²) in [6, 6.07) is -0.493. The van der Waals surface area contributed by atoms with Crippen molar-refractivity contribution in [2.75, 3.05) is 44.2 Å². The van der Waals surface area contributed by atoms with Crippen LogP contribution in [0, 0.1) is 5.92 Å². The molecule has 11 heteroatoms. The Morgan fingerprint density at radius 2 is 2.00 bits per heavy atom. The first-order valence-corrected chi connectivity index (χ1v) is 12.0. The summed E-state index contributed by atoms with van der Waals surface area (Å²) >= 11 is 5.94. The number of unbranched alkanes of at least 4 members (excludes halogenated alkanes) is 2. The fraction of sp³-hybridized carbons (Fsp3) is 0.682. The van der Waals surface area contributed by atoms with Crippen LogP contribution in [0.4, 0.5) is 5.82 Å². The summed E-state index contributed by atoms with van der Waals surface area (Å²) in [7, 11) is 0. The molecular weight excluding hydrogens is 448 g/mol. The zero-order chi connectivity index (χ0) is 23.8. The van der Waals surface area contributed by atoms with Crippen molar-refractivity contribution < 1.29 is 19.6 Å². The van der Waals surface area contributed by atoms with Crippen molar-refractivity contribution >= 4 is 35.6 Å². The minimum atomic E-state index is -0.515. The van der Waals surface area contributed by atoms with E-state index < -0.39 is 12.0 Å². The van der Waals surface area contributed by atoms with E-state index in [1.165, 1.54) is 6.20 Å². The van der Waals surface area contributed by atoms with Gasteiger partial charge in [-0.25, -0.2) is 10.0 Å². The fourth-order valence-corrected chi connectivity index (χ4v) is 4.72. The van der Waals surface area contributed by atoms with E-state index in [-0.39, 0.29) is 18.4 Å². The van der Waals surface area contributed by atoms with E-state index >= 15 is 0 Å². The van der Waals surface area contributed by atoms with Gasteiger partial charge >= 0.3 is 0 Å². The first kappa shape index (κ1) is 25.2. The lowest BCUT2D eigenvalue weighted by Gasteiger charge is -2.38. The molecule has 3 rings (SSSR count). The highest BCUT2D eigenvalue weighted by atomic mass is 35.5. The lowest BCUT2D eigenvalue weighted by atomic mass is 9.98. The molecule has 33 heavy (non-hydrogen) atoms. The van der Waals surface area contributed by atoms with Gasteiger partial charge in [0.1, 0.15) is 17.0 Å². The van der Waals surface area contributed by atoms with Crippen LogP contribution in [0.5, 0.6) is 0 Å². The third-order valence-electron chi connectivity index (χ3n) is 6.36. The van der Waals surface area contributed by atoms with Crippen molar-refractivity contribution in [2.45, 2.75) is 51.5 Å². The van der Waals surface area contributed by atoms with Gasteiger partial charge in [0.2, 0.25) is 18.2 Å². The minimum Gasteiger partial charge on any atom is -0.352 e. The van der Waals surface area contributed by atoms with Crippen molar-refractivity contribution in [3.05, 3.63) is 17.5 Å². The number of carbonyl (C=O) groups excluding carboxylic acids is 3. The molecule has 1 aromatic rings. The average Bonchev–Trinajstić information content (AvgIpc) is 3.32. The Balaban J connectivity index is 1.61. The molecule has 2 saturated heterocycles. The number of anilines is 1. The van der Waals surface area contributed by atoms with Crippen LogP contribution in [0.3, 0.4) is 0 Å². The maximum Gasteiger partial charge on any atom is 0.245 e. The van der Waals surface area contributed by atoms with Crippen LogP contribution in [0.1, 0.15) is 45.4 Å². The molecule has 1 aromatic heterocycles. The van der Waals surface area contributed by atoms with Crippen molar-refractivity contribution in [3.8, 4) is 0 Å². The Morgan fingerprint density at radius 3 is 2.67 bits per heavy atom. The number of likely N-dealkylation sites (tertiary alicyclic amines) is 1. The molecule has 2 atom stereocenters. The molecular formula is C22H33ClN6O4. The molecule has 10 nitrogen and oxygen atoms in total. The van der Waals surface area contributed by atoms with Crippen molar-refractivity contribution in [1.82, 2.24) is 24.8 Å². The van der Waals surface area contributed by atoms with Gasteiger partial charge in [0.05, 0.1) is 24.9 Å². The molecule has 0 unspecified atom stereocenters. The van der Waals surface area contributed by atoms with E-state index in [0.29, 0.717) is 68.0 Å². The maximum atomic E-state index is 13.3. The number of aromatic nitrogens is 2. The molecule has 3 amide bonds. The Kier molecular flexibility index (Phi) is 9.25. The summed E-state index contributed by atoms with van der Waals surface area (Å²) in [6.07, 6.45) is 8.24. The Labute approximate surface area is 199 Å². The van der Waals surface area contributed by atoms with Crippen molar-refractivity contribution in [3.63, 3.8) is 0 Å². The standard InChI is InChI=1S/C22H33ClN6O4/c1-2-3-4-6-17(15-28(33)16-30)21(31)29-8-5-7-18(29)22(32)27-11-9-26(10-12-27)20-14-24-13-19(23)25-20/h13-14,16-18,33H,2-12,15H2,1H3/t17-,18+/m1/s1. The molecule has 0 aliphatic carbocycles. The summed E-state index contributed by atoms with van der Waals surface area (Å²) in [6.45, 7) is 4.82. The second-order valence-electron chi connectivity index (χ2n) is 8.62. The van der Waals surface area contributed by atoms with E-state index in [2.05, 4.69) is 16.9 Å². The van der Waals surface area contributed by atoms with Crippen LogP contribution in [0.2, 0.25) is 5.15 Å². The maximum absolute atomic E-state index is 13.3. The van der Waals surface area contributed by atoms with Gasteiger partial charge in [-0.05, 0) is 19.3 Å². The highest BCUT2D eigenvalue weighted by Gasteiger charge is 2.39. The van der Waals surface area contributed by atoms with Crippen LogP contribution in [0.25, 0.3) is 0 Å². The molecule has 2 aliphatic heterocycles. The highest BCUT2D eigenvalue weighted by Crippen LogP contribution is 2.25. The summed E-state index contributed by atoms with van der Waals surface area (Å²) in [5.41, 5.74) is 0. The average molecular weight is 481 g/mol. The second kappa shape index (κ2) is 12.1. The van der Waals surface area contributed by atoms with Crippen LogP contribution >= 0.6 is 11.6 Å². The number of hydrogen-bond donors (Lipinski definition) is 1. The van der Waals surface area contributed by atoms with E-state index in [9.17, 15) is 19.6 Å². The number of nitrogens with zero attached hydrogens (tertiary/aromatic N) is 6. The normalized spacial score (nSPS) is 19.5. The third kappa shape index (κ3) is 6.54. The highest BCUT2D eigenvalue weighted by molar-refractivity contribution is 6.29. The van der Waals surface area contributed by atoms with Gasteiger partial charge in [-0.2, -0.15) is 0 Å². The lowest BCUT2D eigenvalue weighted by molar-refractivity contribution is -0.158.